The van der Waals surface area contributed by atoms with E-state index in [4.69, 9.17) is 18.9 Å². The van der Waals surface area contributed by atoms with Gasteiger partial charge in [-0.1, -0.05) is 19.9 Å². The lowest BCUT2D eigenvalue weighted by atomic mass is 9.92. The molecule has 0 aliphatic carbocycles. The van der Waals surface area contributed by atoms with Crippen LogP contribution in [0.4, 0.5) is 0 Å². The molecule has 1 atom stereocenters. The Morgan fingerprint density at radius 3 is 2.15 bits per heavy atom. The molecule has 3 aromatic rings. The predicted octanol–water partition coefficient (Wildman–Crippen LogP) is 4.86. The molecule has 1 aliphatic heterocycles. The van der Waals surface area contributed by atoms with E-state index < -0.39 is 17.7 Å². The summed E-state index contributed by atoms with van der Waals surface area (Å²) in [6.45, 7) is 4.10. The van der Waals surface area contributed by atoms with E-state index in [1.165, 1.54) is 26.2 Å². The van der Waals surface area contributed by atoms with Crippen molar-refractivity contribution in [1.82, 2.24) is 9.88 Å². The quantitative estimate of drug-likeness (QED) is 0.237. The number of aromatic nitrogens is 1. The van der Waals surface area contributed by atoms with Gasteiger partial charge < -0.3 is 29.0 Å². The van der Waals surface area contributed by atoms with Crippen molar-refractivity contribution in [2.45, 2.75) is 32.4 Å². The molecule has 0 spiro atoms. The Kier molecular flexibility index (Phi) is 8.09. The second-order valence-electron chi connectivity index (χ2n) is 9.36. The van der Waals surface area contributed by atoms with Crippen LogP contribution >= 0.6 is 0 Å². The summed E-state index contributed by atoms with van der Waals surface area (Å²) >= 11 is 0. The zero-order chi connectivity index (χ0) is 28.3. The SMILES string of the molecule is COc1ccc(/C(O)=C2\C(=O)C(=O)N(Cc3cccnc3)C2c2cc(OC)c(OC)c(OC)c2)cc1C(C)C. The maximum absolute atomic E-state index is 13.5. The smallest absolute Gasteiger partial charge is 0.295 e. The molecule has 1 amide bonds. The second kappa shape index (κ2) is 11.5. The van der Waals surface area contributed by atoms with Gasteiger partial charge in [-0.05, 0) is 59.0 Å². The lowest BCUT2D eigenvalue weighted by Gasteiger charge is -2.26. The first kappa shape index (κ1) is 27.5. The van der Waals surface area contributed by atoms with Crippen LogP contribution in [0.2, 0.25) is 0 Å². The third-order valence-corrected chi connectivity index (χ3v) is 6.74. The van der Waals surface area contributed by atoms with Crippen molar-refractivity contribution in [2.75, 3.05) is 28.4 Å². The maximum atomic E-state index is 13.5. The molecule has 0 radical (unpaired) electrons. The summed E-state index contributed by atoms with van der Waals surface area (Å²) in [4.78, 5) is 32.5. The van der Waals surface area contributed by atoms with E-state index in [-0.39, 0.29) is 23.8 Å². The minimum atomic E-state index is -0.941. The van der Waals surface area contributed by atoms with Crippen molar-refractivity contribution in [2.24, 2.45) is 0 Å². The number of methoxy groups -OCH3 is 4. The van der Waals surface area contributed by atoms with E-state index in [0.717, 1.165) is 11.1 Å². The number of aliphatic hydroxyl groups is 1. The number of carbonyl (C=O) groups excluding carboxylic acids is 2. The molecule has 1 aliphatic rings. The van der Waals surface area contributed by atoms with Crippen LogP contribution < -0.4 is 18.9 Å². The highest BCUT2D eigenvalue weighted by molar-refractivity contribution is 6.46. The number of ketones is 1. The average Bonchev–Trinajstić information content (AvgIpc) is 3.20. The molecule has 1 fully saturated rings. The van der Waals surface area contributed by atoms with Gasteiger partial charge in [-0.3, -0.25) is 14.6 Å². The molecule has 9 nitrogen and oxygen atoms in total. The Bertz CT molecular complexity index is 1390. The molecule has 204 valence electrons. The summed E-state index contributed by atoms with van der Waals surface area (Å²) in [5, 5.41) is 11.6. The Morgan fingerprint density at radius 1 is 0.949 bits per heavy atom. The van der Waals surface area contributed by atoms with Crippen molar-refractivity contribution >= 4 is 17.4 Å². The molecule has 2 aromatic carbocycles. The number of Topliss-reactive ketones (excluding diaryl/α,β-unsaturated/α-hetero) is 1. The molecule has 2 heterocycles. The maximum Gasteiger partial charge on any atom is 0.295 e. The van der Waals surface area contributed by atoms with Crippen LogP contribution in [0, 0.1) is 0 Å². The van der Waals surface area contributed by atoms with Gasteiger partial charge in [0.1, 0.15) is 11.5 Å². The molecular weight excluding hydrogens is 500 g/mol. The highest BCUT2D eigenvalue weighted by atomic mass is 16.5. The van der Waals surface area contributed by atoms with Gasteiger partial charge in [0.05, 0.1) is 40.1 Å². The topological polar surface area (TPSA) is 107 Å². The summed E-state index contributed by atoms with van der Waals surface area (Å²) in [5.74, 6) is 0.00547. The van der Waals surface area contributed by atoms with E-state index in [1.54, 1.807) is 55.9 Å². The average molecular weight is 533 g/mol. The number of hydrogen-bond donors (Lipinski definition) is 1. The summed E-state index contributed by atoms with van der Waals surface area (Å²) in [6, 6.07) is 11.2. The first-order valence-electron chi connectivity index (χ1n) is 12.4. The zero-order valence-electron chi connectivity index (χ0n) is 22.8. The van der Waals surface area contributed by atoms with Gasteiger partial charge in [0, 0.05) is 24.5 Å². The lowest BCUT2D eigenvalue weighted by molar-refractivity contribution is -0.140. The predicted molar refractivity (Wildman–Crippen MR) is 145 cm³/mol. The fourth-order valence-corrected chi connectivity index (χ4v) is 4.83. The molecule has 1 N–H and O–H groups in total. The number of carbonyl (C=O) groups is 2. The van der Waals surface area contributed by atoms with E-state index in [0.29, 0.717) is 34.1 Å². The van der Waals surface area contributed by atoms with Gasteiger partial charge in [-0.25, -0.2) is 0 Å². The number of pyridine rings is 1. The molecular formula is C30H32N2O7. The van der Waals surface area contributed by atoms with Crippen LogP contribution in [0.25, 0.3) is 5.76 Å². The minimum Gasteiger partial charge on any atom is -0.507 e. The first-order valence-corrected chi connectivity index (χ1v) is 12.4. The Morgan fingerprint density at radius 2 is 1.62 bits per heavy atom. The van der Waals surface area contributed by atoms with Crippen molar-refractivity contribution in [3.8, 4) is 23.0 Å². The number of rotatable bonds is 9. The van der Waals surface area contributed by atoms with Gasteiger partial charge >= 0.3 is 0 Å². The number of nitrogens with zero attached hydrogens (tertiary/aromatic N) is 2. The highest BCUT2D eigenvalue weighted by Gasteiger charge is 2.46. The van der Waals surface area contributed by atoms with Gasteiger partial charge in [0.15, 0.2) is 11.5 Å². The van der Waals surface area contributed by atoms with E-state index in [1.807, 2.05) is 19.9 Å². The fraction of sp³-hybridized carbons (Fsp3) is 0.300. The summed E-state index contributed by atoms with van der Waals surface area (Å²) in [5.41, 5.74) is 2.44. The summed E-state index contributed by atoms with van der Waals surface area (Å²) < 4.78 is 22.0. The van der Waals surface area contributed by atoms with E-state index in [2.05, 4.69) is 4.98 Å². The lowest BCUT2D eigenvalue weighted by Crippen LogP contribution is -2.29. The highest BCUT2D eigenvalue weighted by Crippen LogP contribution is 2.46. The van der Waals surface area contributed by atoms with Crippen LogP contribution in [0.5, 0.6) is 23.0 Å². The van der Waals surface area contributed by atoms with Crippen LogP contribution in [-0.4, -0.2) is 55.1 Å². The van der Waals surface area contributed by atoms with Gasteiger partial charge in [-0.15, -0.1) is 0 Å². The van der Waals surface area contributed by atoms with Crippen molar-refractivity contribution in [1.29, 1.82) is 0 Å². The normalized spacial score (nSPS) is 16.5. The largest absolute Gasteiger partial charge is 0.507 e. The standard InChI is InChI=1S/C30H32N2O7/c1-17(2)21-12-19(9-10-22(21)36-3)27(33)25-26(20-13-23(37-4)29(39-6)24(14-20)38-5)32(30(35)28(25)34)16-18-8-7-11-31-15-18/h7-15,17,26,33H,16H2,1-6H3/b27-25+. The minimum absolute atomic E-state index is 0.0435. The fourth-order valence-electron chi connectivity index (χ4n) is 4.83. The number of ether oxygens (including phenoxy) is 4. The molecule has 0 bridgehead atoms. The number of hydrogen-bond acceptors (Lipinski definition) is 8. The van der Waals surface area contributed by atoms with E-state index in [9.17, 15) is 14.7 Å². The van der Waals surface area contributed by atoms with Crippen molar-refractivity contribution in [3.63, 3.8) is 0 Å². The van der Waals surface area contributed by atoms with Crippen LogP contribution in [-0.2, 0) is 16.1 Å². The summed E-state index contributed by atoms with van der Waals surface area (Å²) in [7, 11) is 6.04. The van der Waals surface area contributed by atoms with Crippen molar-refractivity contribution in [3.05, 3.63) is 82.7 Å². The van der Waals surface area contributed by atoms with Gasteiger partial charge in [-0.2, -0.15) is 0 Å². The molecule has 1 unspecified atom stereocenters. The zero-order valence-corrected chi connectivity index (χ0v) is 22.8. The Hall–Kier alpha value is -4.53. The van der Waals surface area contributed by atoms with Crippen LogP contribution in [0.15, 0.2) is 60.4 Å². The monoisotopic (exact) mass is 532 g/mol. The second-order valence-corrected chi connectivity index (χ2v) is 9.36. The molecule has 4 rings (SSSR count). The molecule has 1 saturated heterocycles. The van der Waals surface area contributed by atoms with Crippen LogP contribution in [0.1, 0.15) is 48.1 Å². The van der Waals surface area contributed by atoms with Crippen molar-refractivity contribution < 1.29 is 33.6 Å². The summed E-state index contributed by atoms with van der Waals surface area (Å²) in [6.07, 6.45) is 3.26. The number of benzene rings is 2. The third-order valence-electron chi connectivity index (χ3n) is 6.74. The molecule has 9 heteroatoms. The first-order chi connectivity index (χ1) is 18.7. The molecule has 1 aromatic heterocycles. The van der Waals surface area contributed by atoms with Gasteiger partial charge in [0.25, 0.3) is 11.7 Å². The Labute approximate surface area is 227 Å². The number of amides is 1. The van der Waals surface area contributed by atoms with Gasteiger partial charge in [0.2, 0.25) is 5.75 Å². The number of likely N-dealkylation sites (tertiary alicyclic amines) is 1. The number of aliphatic hydroxyl groups excluding tert-OH is 1. The van der Waals surface area contributed by atoms with E-state index >= 15 is 0 Å². The third kappa shape index (κ3) is 5.12. The molecule has 39 heavy (non-hydrogen) atoms. The van der Waals surface area contributed by atoms with Crippen LogP contribution in [0.3, 0.4) is 0 Å². The molecule has 0 saturated carbocycles. The Balaban J connectivity index is 1.96.